The van der Waals surface area contributed by atoms with E-state index in [0.717, 1.165) is 25.7 Å². The maximum atomic E-state index is 11.9. The van der Waals surface area contributed by atoms with Crippen molar-refractivity contribution < 1.29 is 14.7 Å². The van der Waals surface area contributed by atoms with Gasteiger partial charge in [-0.2, -0.15) is 0 Å². The standard InChI is InChI=1S/C13H20N4O3/c18-11(19)13(5-3-1-2-4-6-13)17-12(20)16-9-10-14-7-8-15-10/h7-8H,1-6,9H2,(H,14,15)(H,18,19)(H2,16,17,20). The van der Waals surface area contributed by atoms with Gasteiger partial charge in [0.05, 0.1) is 6.54 Å². The summed E-state index contributed by atoms with van der Waals surface area (Å²) < 4.78 is 0. The van der Waals surface area contributed by atoms with Gasteiger partial charge < -0.3 is 20.7 Å². The van der Waals surface area contributed by atoms with Crippen LogP contribution in [0.3, 0.4) is 0 Å². The van der Waals surface area contributed by atoms with Gasteiger partial charge in [-0.25, -0.2) is 14.6 Å². The van der Waals surface area contributed by atoms with Crippen molar-refractivity contribution in [3.63, 3.8) is 0 Å². The quantitative estimate of drug-likeness (QED) is 0.625. The number of aromatic amines is 1. The van der Waals surface area contributed by atoms with Crippen molar-refractivity contribution in [3.8, 4) is 0 Å². The van der Waals surface area contributed by atoms with Crippen LogP contribution in [0.2, 0.25) is 0 Å². The third-order valence-electron chi connectivity index (χ3n) is 3.69. The Morgan fingerprint density at radius 2 is 2.00 bits per heavy atom. The molecular weight excluding hydrogens is 260 g/mol. The van der Waals surface area contributed by atoms with Gasteiger partial charge in [0.15, 0.2) is 0 Å². The molecule has 0 radical (unpaired) electrons. The number of hydrogen-bond acceptors (Lipinski definition) is 3. The van der Waals surface area contributed by atoms with Gasteiger partial charge in [-0.3, -0.25) is 0 Å². The lowest BCUT2D eigenvalue weighted by atomic mass is 9.90. The normalized spacial score (nSPS) is 18.0. The Morgan fingerprint density at radius 3 is 2.55 bits per heavy atom. The van der Waals surface area contributed by atoms with Crippen LogP contribution in [-0.4, -0.2) is 32.6 Å². The molecule has 1 aliphatic rings. The number of nitrogens with one attached hydrogen (secondary N) is 3. The molecule has 110 valence electrons. The first-order valence-electron chi connectivity index (χ1n) is 6.90. The number of hydrogen-bond donors (Lipinski definition) is 4. The number of carboxylic acids is 1. The molecule has 0 bridgehead atoms. The highest BCUT2D eigenvalue weighted by Gasteiger charge is 2.40. The van der Waals surface area contributed by atoms with E-state index in [0.29, 0.717) is 18.7 Å². The molecule has 1 aliphatic carbocycles. The van der Waals surface area contributed by atoms with E-state index in [1.54, 1.807) is 12.4 Å². The van der Waals surface area contributed by atoms with E-state index >= 15 is 0 Å². The number of aromatic nitrogens is 2. The predicted molar refractivity (Wildman–Crippen MR) is 72.0 cm³/mol. The second kappa shape index (κ2) is 6.40. The number of amides is 2. The second-order valence-electron chi connectivity index (χ2n) is 5.15. The summed E-state index contributed by atoms with van der Waals surface area (Å²) in [5.41, 5.74) is -1.14. The highest BCUT2D eigenvalue weighted by atomic mass is 16.4. The number of carboxylic acid groups (broad SMARTS) is 1. The molecule has 0 aromatic carbocycles. The number of aliphatic carboxylic acids is 1. The largest absolute Gasteiger partial charge is 0.480 e. The first kappa shape index (κ1) is 14.4. The molecule has 1 saturated carbocycles. The van der Waals surface area contributed by atoms with E-state index in [-0.39, 0.29) is 6.54 Å². The van der Waals surface area contributed by atoms with Gasteiger partial charge in [0, 0.05) is 12.4 Å². The second-order valence-corrected chi connectivity index (χ2v) is 5.15. The Balaban J connectivity index is 1.93. The molecule has 2 amide bonds. The fourth-order valence-electron chi connectivity index (χ4n) is 2.54. The van der Waals surface area contributed by atoms with Gasteiger partial charge in [0.1, 0.15) is 11.4 Å². The fourth-order valence-corrected chi connectivity index (χ4v) is 2.54. The molecule has 20 heavy (non-hydrogen) atoms. The van der Waals surface area contributed by atoms with Crippen molar-refractivity contribution in [2.75, 3.05) is 0 Å². The van der Waals surface area contributed by atoms with Crippen molar-refractivity contribution in [1.82, 2.24) is 20.6 Å². The van der Waals surface area contributed by atoms with Crippen molar-refractivity contribution in [1.29, 1.82) is 0 Å². The van der Waals surface area contributed by atoms with Crippen molar-refractivity contribution in [3.05, 3.63) is 18.2 Å². The van der Waals surface area contributed by atoms with E-state index in [1.807, 2.05) is 0 Å². The van der Waals surface area contributed by atoms with Gasteiger partial charge in [-0.15, -0.1) is 0 Å². The van der Waals surface area contributed by atoms with Gasteiger partial charge in [0.2, 0.25) is 0 Å². The zero-order chi connectivity index (χ0) is 14.4. The number of imidazole rings is 1. The van der Waals surface area contributed by atoms with Crippen molar-refractivity contribution in [2.24, 2.45) is 0 Å². The molecule has 0 aliphatic heterocycles. The van der Waals surface area contributed by atoms with Crippen LogP contribution in [0.5, 0.6) is 0 Å². The number of rotatable bonds is 4. The lowest BCUT2D eigenvalue weighted by Crippen LogP contribution is -2.56. The molecule has 7 heteroatoms. The fraction of sp³-hybridized carbons (Fsp3) is 0.615. The third-order valence-corrected chi connectivity index (χ3v) is 3.69. The molecule has 0 atom stereocenters. The first-order chi connectivity index (χ1) is 9.62. The minimum absolute atomic E-state index is 0.245. The van der Waals surface area contributed by atoms with Crippen LogP contribution in [-0.2, 0) is 11.3 Å². The van der Waals surface area contributed by atoms with Crippen LogP contribution in [0.15, 0.2) is 12.4 Å². The Labute approximate surface area is 117 Å². The lowest BCUT2D eigenvalue weighted by molar-refractivity contribution is -0.145. The number of urea groups is 1. The van der Waals surface area contributed by atoms with Crippen LogP contribution < -0.4 is 10.6 Å². The van der Waals surface area contributed by atoms with E-state index in [1.165, 1.54) is 0 Å². The number of carbonyl (C=O) groups is 2. The Morgan fingerprint density at radius 1 is 1.30 bits per heavy atom. The Bertz CT molecular complexity index is 450. The lowest BCUT2D eigenvalue weighted by Gasteiger charge is -2.29. The molecule has 0 saturated heterocycles. The first-order valence-corrected chi connectivity index (χ1v) is 6.90. The number of carbonyl (C=O) groups excluding carboxylic acids is 1. The van der Waals surface area contributed by atoms with Crippen molar-refractivity contribution in [2.45, 2.75) is 50.6 Å². The van der Waals surface area contributed by atoms with E-state index in [2.05, 4.69) is 20.6 Å². The summed E-state index contributed by atoms with van der Waals surface area (Å²) in [4.78, 5) is 30.3. The van der Waals surface area contributed by atoms with Gasteiger partial charge in [-0.1, -0.05) is 25.7 Å². The van der Waals surface area contributed by atoms with E-state index in [9.17, 15) is 14.7 Å². The zero-order valence-electron chi connectivity index (χ0n) is 11.3. The molecular formula is C13H20N4O3. The number of H-pyrrole nitrogens is 1. The molecule has 0 spiro atoms. The molecule has 4 N–H and O–H groups in total. The molecule has 1 aromatic heterocycles. The molecule has 1 fully saturated rings. The number of nitrogens with zero attached hydrogens (tertiary/aromatic N) is 1. The maximum absolute atomic E-state index is 11.9. The molecule has 1 heterocycles. The van der Waals surface area contributed by atoms with E-state index in [4.69, 9.17) is 0 Å². The molecule has 7 nitrogen and oxygen atoms in total. The van der Waals surface area contributed by atoms with Crippen LogP contribution in [0.25, 0.3) is 0 Å². The van der Waals surface area contributed by atoms with Crippen molar-refractivity contribution >= 4 is 12.0 Å². The highest BCUT2D eigenvalue weighted by Crippen LogP contribution is 2.27. The smallest absolute Gasteiger partial charge is 0.329 e. The molecule has 1 aromatic rings. The van der Waals surface area contributed by atoms with Gasteiger partial charge in [0.25, 0.3) is 0 Å². The van der Waals surface area contributed by atoms with Gasteiger partial charge in [-0.05, 0) is 12.8 Å². The molecule has 2 rings (SSSR count). The Kier molecular flexibility index (Phi) is 4.60. The summed E-state index contributed by atoms with van der Waals surface area (Å²) in [5.74, 6) is -0.321. The molecule has 0 unspecified atom stereocenters. The summed E-state index contributed by atoms with van der Waals surface area (Å²) in [6.07, 6.45) is 7.91. The van der Waals surface area contributed by atoms with Gasteiger partial charge >= 0.3 is 12.0 Å². The monoisotopic (exact) mass is 280 g/mol. The average Bonchev–Trinajstić information content (AvgIpc) is 2.82. The average molecular weight is 280 g/mol. The summed E-state index contributed by atoms with van der Waals surface area (Å²) >= 11 is 0. The van der Waals surface area contributed by atoms with E-state index < -0.39 is 17.5 Å². The third kappa shape index (κ3) is 3.49. The maximum Gasteiger partial charge on any atom is 0.329 e. The van der Waals surface area contributed by atoms with Crippen LogP contribution in [0.1, 0.15) is 44.3 Å². The predicted octanol–water partition coefficient (Wildman–Crippen LogP) is 1.39. The summed E-state index contributed by atoms with van der Waals surface area (Å²) in [7, 11) is 0. The summed E-state index contributed by atoms with van der Waals surface area (Å²) in [6, 6.07) is -0.467. The van der Waals surface area contributed by atoms with Crippen LogP contribution >= 0.6 is 0 Å². The topological polar surface area (TPSA) is 107 Å². The summed E-state index contributed by atoms with van der Waals surface area (Å²) in [6.45, 7) is 0.245. The Hall–Kier alpha value is -2.05. The minimum Gasteiger partial charge on any atom is -0.480 e. The zero-order valence-corrected chi connectivity index (χ0v) is 11.3. The van der Waals surface area contributed by atoms with Crippen LogP contribution in [0, 0.1) is 0 Å². The summed E-state index contributed by atoms with van der Waals surface area (Å²) in [5, 5.41) is 14.7. The highest BCUT2D eigenvalue weighted by molar-refractivity contribution is 5.86. The SMILES string of the molecule is O=C(NCc1ncc[nH]1)NC1(C(=O)O)CCCCCC1. The van der Waals surface area contributed by atoms with Crippen LogP contribution in [0.4, 0.5) is 4.79 Å². The minimum atomic E-state index is -1.14.